The molecule has 3 nitrogen and oxygen atoms in total. The predicted molar refractivity (Wildman–Crippen MR) is 84.2 cm³/mol. The molecule has 0 aromatic carbocycles. The van der Waals surface area contributed by atoms with Gasteiger partial charge in [0.25, 0.3) is 0 Å². The Morgan fingerprint density at radius 3 is 2.25 bits per heavy atom. The number of nitrogens with zero attached hydrogens (tertiary/aromatic N) is 1. The SMILES string of the molecule is Cl.O=C(C1CCCCCCC1)N1CCC2CCC(C1)N2. The minimum absolute atomic E-state index is 0. The van der Waals surface area contributed by atoms with E-state index in [0.29, 0.717) is 23.9 Å². The van der Waals surface area contributed by atoms with Gasteiger partial charge in [-0.25, -0.2) is 0 Å². The maximum absolute atomic E-state index is 12.7. The summed E-state index contributed by atoms with van der Waals surface area (Å²) in [6.45, 7) is 1.95. The summed E-state index contributed by atoms with van der Waals surface area (Å²) >= 11 is 0. The van der Waals surface area contributed by atoms with E-state index in [2.05, 4.69) is 10.2 Å². The number of carbonyl (C=O) groups is 1. The number of fused-ring (bicyclic) bond motifs is 2. The number of hydrogen-bond donors (Lipinski definition) is 1. The number of likely N-dealkylation sites (tertiary alicyclic amines) is 1. The zero-order chi connectivity index (χ0) is 13.1. The summed E-state index contributed by atoms with van der Waals surface area (Å²) in [5, 5.41) is 3.67. The van der Waals surface area contributed by atoms with Crippen LogP contribution in [0.2, 0.25) is 0 Å². The van der Waals surface area contributed by atoms with E-state index in [1.165, 1.54) is 44.9 Å². The molecular weight excluding hydrogens is 272 g/mol. The first-order valence-corrected chi connectivity index (χ1v) is 8.38. The second-order valence-electron chi connectivity index (χ2n) is 6.75. The van der Waals surface area contributed by atoms with Gasteiger partial charge in [-0.15, -0.1) is 12.4 Å². The molecule has 0 radical (unpaired) electrons. The summed E-state index contributed by atoms with van der Waals surface area (Å²) in [5.41, 5.74) is 0. The normalized spacial score (nSPS) is 31.9. The number of halogens is 1. The van der Waals surface area contributed by atoms with Gasteiger partial charge in [0.2, 0.25) is 5.91 Å². The highest BCUT2D eigenvalue weighted by Crippen LogP contribution is 2.26. The van der Waals surface area contributed by atoms with E-state index < -0.39 is 0 Å². The predicted octanol–water partition coefficient (Wildman–Crippen LogP) is 3.12. The third kappa shape index (κ3) is 3.88. The van der Waals surface area contributed by atoms with Crippen LogP contribution in [0.15, 0.2) is 0 Å². The van der Waals surface area contributed by atoms with Gasteiger partial charge in [0.1, 0.15) is 0 Å². The van der Waals surface area contributed by atoms with Crippen molar-refractivity contribution in [2.45, 2.75) is 76.3 Å². The van der Waals surface area contributed by atoms with Crippen molar-refractivity contribution in [3.8, 4) is 0 Å². The van der Waals surface area contributed by atoms with Gasteiger partial charge in [0.15, 0.2) is 0 Å². The molecule has 0 aromatic heterocycles. The molecule has 1 amide bonds. The van der Waals surface area contributed by atoms with Crippen LogP contribution in [0.4, 0.5) is 0 Å². The molecule has 4 heteroatoms. The zero-order valence-corrected chi connectivity index (χ0v) is 13.3. The van der Waals surface area contributed by atoms with Crippen LogP contribution in [0.5, 0.6) is 0 Å². The van der Waals surface area contributed by atoms with Crippen LogP contribution >= 0.6 is 12.4 Å². The minimum Gasteiger partial charge on any atom is -0.341 e. The molecule has 3 aliphatic rings. The lowest BCUT2D eigenvalue weighted by molar-refractivity contribution is -0.136. The Morgan fingerprint density at radius 2 is 1.50 bits per heavy atom. The fourth-order valence-electron chi connectivity index (χ4n) is 4.10. The molecule has 2 bridgehead atoms. The van der Waals surface area contributed by atoms with Crippen LogP contribution in [0.3, 0.4) is 0 Å². The van der Waals surface area contributed by atoms with Gasteiger partial charge in [-0.05, 0) is 32.1 Å². The van der Waals surface area contributed by atoms with Gasteiger partial charge in [-0.2, -0.15) is 0 Å². The molecule has 2 atom stereocenters. The first-order chi connectivity index (χ1) is 9.33. The van der Waals surface area contributed by atoms with E-state index in [4.69, 9.17) is 0 Å². The van der Waals surface area contributed by atoms with Crippen LogP contribution in [-0.4, -0.2) is 36.0 Å². The Morgan fingerprint density at radius 1 is 0.850 bits per heavy atom. The van der Waals surface area contributed by atoms with Gasteiger partial charge in [-0.1, -0.05) is 32.1 Å². The molecule has 0 aromatic rings. The summed E-state index contributed by atoms with van der Waals surface area (Å²) < 4.78 is 0. The topological polar surface area (TPSA) is 32.3 Å². The van der Waals surface area contributed by atoms with Crippen molar-refractivity contribution in [2.24, 2.45) is 5.92 Å². The van der Waals surface area contributed by atoms with Crippen molar-refractivity contribution in [3.05, 3.63) is 0 Å². The molecule has 0 spiro atoms. The third-order valence-corrected chi connectivity index (χ3v) is 5.29. The number of hydrogen-bond acceptors (Lipinski definition) is 2. The van der Waals surface area contributed by atoms with Crippen molar-refractivity contribution >= 4 is 18.3 Å². The number of rotatable bonds is 1. The van der Waals surface area contributed by atoms with Crippen molar-refractivity contribution < 1.29 is 4.79 Å². The van der Waals surface area contributed by atoms with Gasteiger partial charge in [0.05, 0.1) is 0 Å². The fourth-order valence-corrected chi connectivity index (χ4v) is 4.10. The third-order valence-electron chi connectivity index (χ3n) is 5.29. The second-order valence-corrected chi connectivity index (χ2v) is 6.75. The van der Waals surface area contributed by atoms with Crippen LogP contribution in [0.25, 0.3) is 0 Å². The lowest BCUT2D eigenvalue weighted by atomic mass is 9.90. The maximum atomic E-state index is 12.7. The summed E-state index contributed by atoms with van der Waals surface area (Å²) in [6, 6.07) is 1.25. The Kier molecular flexibility index (Phi) is 6.16. The number of amides is 1. The molecule has 3 rings (SSSR count). The smallest absolute Gasteiger partial charge is 0.225 e. The van der Waals surface area contributed by atoms with E-state index >= 15 is 0 Å². The van der Waals surface area contributed by atoms with E-state index in [1.807, 2.05) is 0 Å². The van der Waals surface area contributed by atoms with Crippen LogP contribution in [-0.2, 0) is 4.79 Å². The molecule has 1 N–H and O–H groups in total. The van der Waals surface area contributed by atoms with Gasteiger partial charge in [0, 0.05) is 31.1 Å². The molecule has 2 unspecified atom stereocenters. The van der Waals surface area contributed by atoms with Gasteiger partial charge >= 0.3 is 0 Å². The highest BCUT2D eigenvalue weighted by molar-refractivity contribution is 5.85. The van der Waals surface area contributed by atoms with E-state index in [-0.39, 0.29) is 12.4 Å². The molecule has 1 saturated carbocycles. The van der Waals surface area contributed by atoms with Gasteiger partial charge < -0.3 is 10.2 Å². The molecule has 2 saturated heterocycles. The highest BCUT2D eigenvalue weighted by Gasteiger charge is 2.33. The van der Waals surface area contributed by atoms with E-state index in [9.17, 15) is 4.79 Å². The molecule has 2 heterocycles. The molecule has 1 aliphatic carbocycles. The second kappa shape index (κ2) is 7.65. The van der Waals surface area contributed by atoms with Crippen LogP contribution in [0, 0.1) is 5.92 Å². The minimum atomic E-state index is 0. The molecule has 3 fully saturated rings. The average Bonchev–Trinajstić information content (AvgIpc) is 2.68. The van der Waals surface area contributed by atoms with Crippen molar-refractivity contribution in [2.75, 3.05) is 13.1 Å². The summed E-state index contributed by atoms with van der Waals surface area (Å²) in [4.78, 5) is 14.9. The Hall–Kier alpha value is -0.280. The van der Waals surface area contributed by atoms with E-state index in [0.717, 1.165) is 32.4 Å². The molecule has 116 valence electrons. The highest BCUT2D eigenvalue weighted by atomic mass is 35.5. The van der Waals surface area contributed by atoms with Crippen molar-refractivity contribution in [1.82, 2.24) is 10.2 Å². The Balaban J connectivity index is 0.00000147. The lowest BCUT2D eigenvalue weighted by Crippen LogP contribution is -2.42. The number of carbonyl (C=O) groups excluding carboxylic acids is 1. The van der Waals surface area contributed by atoms with Crippen LogP contribution < -0.4 is 5.32 Å². The zero-order valence-electron chi connectivity index (χ0n) is 12.5. The molecule has 2 aliphatic heterocycles. The number of nitrogens with one attached hydrogen (secondary N) is 1. The van der Waals surface area contributed by atoms with E-state index in [1.54, 1.807) is 0 Å². The first-order valence-electron chi connectivity index (χ1n) is 8.38. The Bertz CT molecular complexity index is 316. The van der Waals surface area contributed by atoms with Crippen LogP contribution in [0.1, 0.15) is 64.2 Å². The largest absolute Gasteiger partial charge is 0.341 e. The Labute approximate surface area is 129 Å². The summed E-state index contributed by atoms with van der Waals surface area (Å²) in [5.74, 6) is 0.799. The average molecular weight is 301 g/mol. The summed E-state index contributed by atoms with van der Waals surface area (Å²) in [6.07, 6.45) is 12.6. The quantitative estimate of drug-likeness (QED) is 0.807. The lowest BCUT2D eigenvalue weighted by Gasteiger charge is -2.29. The fraction of sp³-hybridized carbons (Fsp3) is 0.938. The first kappa shape index (κ1) is 16.1. The maximum Gasteiger partial charge on any atom is 0.225 e. The monoisotopic (exact) mass is 300 g/mol. The molecular formula is C16H29ClN2O. The van der Waals surface area contributed by atoms with Gasteiger partial charge in [-0.3, -0.25) is 4.79 Å². The van der Waals surface area contributed by atoms with Crippen molar-refractivity contribution in [3.63, 3.8) is 0 Å². The standard InChI is InChI=1S/C16H28N2O.ClH/c19-16(13-6-4-2-1-3-5-7-13)18-11-10-14-8-9-15(12-18)17-14;/h13-15,17H,1-12H2;1H. The summed E-state index contributed by atoms with van der Waals surface area (Å²) in [7, 11) is 0. The molecule has 20 heavy (non-hydrogen) atoms. The van der Waals surface area contributed by atoms with Crippen molar-refractivity contribution in [1.29, 1.82) is 0 Å².